The van der Waals surface area contributed by atoms with E-state index in [1.54, 1.807) is 30.5 Å². The third-order valence-electron chi connectivity index (χ3n) is 4.12. The topological polar surface area (TPSA) is 53.9 Å². The van der Waals surface area contributed by atoms with Gasteiger partial charge in [-0.15, -0.1) is 0 Å². The molecule has 1 fully saturated rings. The van der Waals surface area contributed by atoms with Gasteiger partial charge in [0.1, 0.15) is 0 Å². The van der Waals surface area contributed by atoms with Gasteiger partial charge in [-0.25, -0.2) is 5.43 Å². The van der Waals surface area contributed by atoms with E-state index in [9.17, 15) is 4.79 Å². The van der Waals surface area contributed by atoms with E-state index < -0.39 is 0 Å². The number of anilines is 1. The molecule has 0 spiro atoms. The van der Waals surface area contributed by atoms with Crippen molar-refractivity contribution in [3.8, 4) is 0 Å². The Bertz CT molecular complexity index is 786. The maximum atomic E-state index is 12.1. The first-order chi connectivity index (χ1) is 12.1. The van der Waals surface area contributed by atoms with Crippen molar-refractivity contribution in [1.82, 2.24) is 5.43 Å². The summed E-state index contributed by atoms with van der Waals surface area (Å²) in [4.78, 5) is 14.4. The number of benzene rings is 2. The molecule has 0 bridgehead atoms. The van der Waals surface area contributed by atoms with Gasteiger partial charge in [-0.05, 0) is 42.3 Å². The summed E-state index contributed by atoms with van der Waals surface area (Å²) >= 11 is 6.01. The monoisotopic (exact) mass is 357 g/mol. The van der Waals surface area contributed by atoms with Gasteiger partial charge in [0.2, 0.25) is 0 Å². The van der Waals surface area contributed by atoms with Crippen molar-refractivity contribution in [2.75, 3.05) is 31.2 Å². The number of rotatable bonds is 4. The summed E-state index contributed by atoms with van der Waals surface area (Å²) < 4.78 is 5.38. The maximum absolute atomic E-state index is 12.1. The van der Waals surface area contributed by atoms with E-state index in [0.29, 0.717) is 10.6 Å². The Kier molecular flexibility index (Phi) is 5.68. The van der Waals surface area contributed by atoms with Gasteiger partial charge in [0.15, 0.2) is 0 Å². The van der Waals surface area contributed by atoms with Crippen LogP contribution in [0.2, 0.25) is 5.02 Å². The van der Waals surface area contributed by atoms with Gasteiger partial charge in [0.25, 0.3) is 5.91 Å². The molecule has 2 aromatic rings. The van der Waals surface area contributed by atoms with Gasteiger partial charge in [-0.1, -0.05) is 29.8 Å². The quantitative estimate of drug-likeness (QED) is 0.675. The number of nitrogens with one attached hydrogen (secondary N) is 1. The number of carbonyl (C=O) groups is 1. The van der Waals surface area contributed by atoms with Crippen LogP contribution in [0.1, 0.15) is 21.5 Å². The minimum absolute atomic E-state index is 0.329. The fourth-order valence-corrected chi connectivity index (χ4v) is 2.91. The van der Waals surface area contributed by atoms with Crippen LogP contribution < -0.4 is 10.3 Å². The number of hydrogen-bond donors (Lipinski definition) is 1. The number of nitrogens with zero attached hydrogens (tertiary/aromatic N) is 2. The highest BCUT2D eigenvalue weighted by atomic mass is 35.5. The van der Waals surface area contributed by atoms with Crippen LogP contribution in [0, 0.1) is 6.92 Å². The third kappa shape index (κ3) is 4.38. The number of morpholine rings is 1. The van der Waals surface area contributed by atoms with Crippen molar-refractivity contribution in [3.63, 3.8) is 0 Å². The summed E-state index contributed by atoms with van der Waals surface area (Å²) in [6.45, 7) is 5.36. The molecule has 1 heterocycles. The first-order valence-electron chi connectivity index (χ1n) is 8.16. The average molecular weight is 358 g/mol. The Morgan fingerprint density at radius 1 is 1.24 bits per heavy atom. The molecule has 0 aromatic heterocycles. The molecule has 0 aliphatic carbocycles. The summed E-state index contributed by atoms with van der Waals surface area (Å²) in [5, 5.41) is 4.45. The fraction of sp³-hybridized carbons (Fsp3) is 0.263. The molecule has 1 aliphatic heterocycles. The lowest BCUT2D eigenvalue weighted by atomic mass is 10.1. The lowest BCUT2D eigenvalue weighted by molar-refractivity contribution is 0.0955. The van der Waals surface area contributed by atoms with Crippen LogP contribution in [-0.2, 0) is 4.74 Å². The van der Waals surface area contributed by atoms with E-state index in [-0.39, 0.29) is 5.91 Å². The van der Waals surface area contributed by atoms with Crippen molar-refractivity contribution in [2.45, 2.75) is 6.92 Å². The van der Waals surface area contributed by atoms with Crippen molar-refractivity contribution in [2.24, 2.45) is 5.10 Å². The minimum Gasteiger partial charge on any atom is -0.378 e. The molecule has 3 rings (SSSR count). The second kappa shape index (κ2) is 8.14. The summed E-state index contributed by atoms with van der Waals surface area (Å²) in [6.07, 6.45) is 1.65. The summed E-state index contributed by atoms with van der Waals surface area (Å²) in [6, 6.07) is 13.1. The van der Waals surface area contributed by atoms with Crippen LogP contribution >= 0.6 is 11.6 Å². The number of hydrogen-bond acceptors (Lipinski definition) is 4. The Morgan fingerprint density at radius 2 is 2.00 bits per heavy atom. The van der Waals surface area contributed by atoms with Gasteiger partial charge in [-0.3, -0.25) is 4.79 Å². The van der Waals surface area contributed by atoms with E-state index in [1.807, 2.05) is 13.0 Å². The van der Waals surface area contributed by atoms with E-state index >= 15 is 0 Å². The maximum Gasteiger partial charge on any atom is 0.272 e. The Labute approximate surface area is 152 Å². The number of aryl methyl sites for hydroxylation is 1. The summed E-state index contributed by atoms with van der Waals surface area (Å²) in [5.41, 5.74) is 6.15. The predicted molar refractivity (Wildman–Crippen MR) is 101 cm³/mol. The van der Waals surface area contributed by atoms with E-state index in [2.05, 4.69) is 27.6 Å². The van der Waals surface area contributed by atoms with Crippen LogP contribution in [0.15, 0.2) is 47.6 Å². The van der Waals surface area contributed by atoms with Crippen molar-refractivity contribution in [3.05, 3.63) is 64.2 Å². The largest absolute Gasteiger partial charge is 0.378 e. The molecule has 0 atom stereocenters. The highest BCUT2D eigenvalue weighted by Crippen LogP contribution is 2.19. The molecule has 5 nitrogen and oxygen atoms in total. The molecule has 0 unspecified atom stereocenters. The molecule has 130 valence electrons. The molecule has 1 amide bonds. The zero-order valence-corrected chi connectivity index (χ0v) is 14.8. The molecule has 2 aromatic carbocycles. The van der Waals surface area contributed by atoms with Crippen LogP contribution in [0.4, 0.5) is 5.69 Å². The van der Waals surface area contributed by atoms with Crippen LogP contribution in [0.25, 0.3) is 0 Å². The number of ether oxygens (including phenoxy) is 1. The van der Waals surface area contributed by atoms with E-state index in [4.69, 9.17) is 16.3 Å². The summed E-state index contributed by atoms with van der Waals surface area (Å²) in [7, 11) is 0. The molecular formula is C19H20ClN3O2. The Hall–Kier alpha value is -2.37. The summed E-state index contributed by atoms with van der Waals surface area (Å²) in [5.74, 6) is -0.329. The number of hydrazone groups is 1. The molecule has 25 heavy (non-hydrogen) atoms. The number of carbonyl (C=O) groups excluding carboxylic acids is 1. The zero-order valence-electron chi connectivity index (χ0n) is 14.0. The molecule has 0 saturated carbocycles. The van der Waals surface area contributed by atoms with Gasteiger partial charge in [-0.2, -0.15) is 5.10 Å². The third-order valence-corrected chi connectivity index (χ3v) is 4.45. The van der Waals surface area contributed by atoms with Gasteiger partial charge in [0, 0.05) is 18.8 Å². The fourth-order valence-electron chi connectivity index (χ4n) is 2.69. The second-order valence-corrected chi connectivity index (χ2v) is 6.23. The second-order valence-electron chi connectivity index (χ2n) is 5.82. The molecule has 1 saturated heterocycles. The minimum atomic E-state index is -0.329. The van der Waals surface area contributed by atoms with Gasteiger partial charge >= 0.3 is 0 Å². The number of amides is 1. The molecule has 1 N–H and O–H groups in total. The van der Waals surface area contributed by atoms with Crippen LogP contribution in [0.5, 0.6) is 0 Å². The first-order valence-corrected chi connectivity index (χ1v) is 8.54. The van der Waals surface area contributed by atoms with E-state index in [1.165, 1.54) is 5.69 Å². The normalized spacial score (nSPS) is 14.7. The highest BCUT2D eigenvalue weighted by molar-refractivity contribution is 6.33. The van der Waals surface area contributed by atoms with Crippen molar-refractivity contribution >= 4 is 29.4 Å². The molecule has 6 heteroatoms. The number of halogens is 1. The zero-order chi connectivity index (χ0) is 17.6. The Morgan fingerprint density at radius 3 is 2.72 bits per heavy atom. The average Bonchev–Trinajstić information content (AvgIpc) is 2.64. The van der Waals surface area contributed by atoms with E-state index in [0.717, 1.165) is 37.4 Å². The lowest BCUT2D eigenvalue weighted by Crippen LogP contribution is -2.36. The molecular weight excluding hydrogens is 338 g/mol. The van der Waals surface area contributed by atoms with Gasteiger partial charge < -0.3 is 9.64 Å². The standard InChI is InChI=1S/C19H20ClN3O2/c1-14-12-16(23-8-10-25-11-9-23)7-6-15(14)13-21-22-19(24)17-4-2-3-5-18(17)20/h2-7,12-13H,8-11H2,1H3,(H,22,24)/b21-13-. The smallest absolute Gasteiger partial charge is 0.272 e. The predicted octanol–water partition coefficient (Wildman–Crippen LogP) is 3.25. The van der Waals surface area contributed by atoms with Crippen molar-refractivity contribution in [1.29, 1.82) is 0 Å². The Balaban J connectivity index is 1.65. The van der Waals surface area contributed by atoms with Crippen molar-refractivity contribution < 1.29 is 9.53 Å². The van der Waals surface area contributed by atoms with Crippen LogP contribution in [0.3, 0.4) is 0 Å². The van der Waals surface area contributed by atoms with Gasteiger partial charge in [0.05, 0.1) is 30.0 Å². The molecule has 1 aliphatic rings. The highest BCUT2D eigenvalue weighted by Gasteiger charge is 2.12. The van der Waals surface area contributed by atoms with Crippen LogP contribution in [-0.4, -0.2) is 38.4 Å². The lowest BCUT2D eigenvalue weighted by Gasteiger charge is -2.29. The molecule has 0 radical (unpaired) electrons. The first kappa shape index (κ1) is 17.5. The SMILES string of the molecule is Cc1cc(N2CCOCC2)ccc1/C=N\NC(=O)c1ccccc1Cl.